The summed E-state index contributed by atoms with van der Waals surface area (Å²) < 4.78 is 23.7. The summed E-state index contributed by atoms with van der Waals surface area (Å²) >= 11 is 0. The van der Waals surface area contributed by atoms with E-state index in [-0.39, 0.29) is 13.2 Å². The Morgan fingerprint density at radius 2 is 1.63 bits per heavy atom. The highest BCUT2D eigenvalue weighted by molar-refractivity contribution is 7.54. The van der Waals surface area contributed by atoms with Gasteiger partial charge in [0, 0.05) is 0 Å². The maximum absolute atomic E-state index is 12.9. The molecule has 1 rings (SSSR count). The van der Waals surface area contributed by atoms with Crippen molar-refractivity contribution in [2.75, 3.05) is 13.2 Å². The largest absolute Gasteiger partial charge is 0.392 e. The van der Waals surface area contributed by atoms with Crippen LogP contribution in [0.4, 0.5) is 0 Å². The summed E-state index contributed by atoms with van der Waals surface area (Å²) in [5.74, 6) is 0. The molecule has 1 aromatic carbocycles. The highest BCUT2D eigenvalue weighted by Gasteiger charge is 2.40. The fraction of sp³-hybridized carbons (Fsp3) is 0.571. The van der Waals surface area contributed by atoms with Gasteiger partial charge in [-0.2, -0.15) is 0 Å². The van der Waals surface area contributed by atoms with Crippen LogP contribution in [0.2, 0.25) is 0 Å². The van der Waals surface area contributed by atoms with Crippen molar-refractivity contribution in [3.8, 4) is 0 Å². The maximum atomic E-state index is 12.9. The average Bonchev–Trinajstić information content (AvgIpc) is 2.40. The molecule has 4 nitrogen and oxygen atoms in total. The highest BCUT2D eigenvalue weighted by Crippen LogP contribution is 2.62. The molecule has 2 unspecified atom stereocenters. The van der Waals surface area contributed by atoms with Crippen LogP contribution in [-0.4, -0.2) is 24.4 Å². The predicted molar refractivity (Wildman–Crippen MR) is 76.3 cm³/mol. The van der Waals surface area contributed by atoms with E-state index in [0.717, 1.165) is 5.56 Å². The van der Waals surface area contributed by atoms with Crippen LogP contribution >= 0.6 is 7.60 Å². The van der Waals surface area contributed by atoms with Crippen molar-refractivity contribution < 1.29 is 18.7 Å². The molecular weight excluding hydrogens is 263 g/mol. The van der Waals surface area contributed by atoms with Crippen molar-refractivity contribution in [1.29, 1.82) is 0 Å². The van der Waals surface area contributed by atoms with E-state index >= 15 is 0 Å². The van der Waals surface area contributed by atoms with Gasteiger partial charge >= 0.3 is 7.60 Å². The van der Waals surface area contributed by atoms with Crippen molar-refractivity contribution >= 4 is 7.60 Å². The summed E-state index contributed by atoms with van der Waals surface area (Å²) in [6, 6.07) is 9.27. The van der Waals surface area contributed by atoms with Crippen molar-refractivity contribution in [3.63, 3.8) is 0 Å². The van der Waals surface area contributed by atoms with E-state index in [4.69, 9.17) is 9.05 Å². The van der Waals surface area contributed by atoms with Crippen LogP contribution in [0.3, 0.4) is 0 Å². The summed E-state index contributed by atoms with van der Waals surface area (Å²) in [6.07, 6.45) is -0.268. The van der Waals surface area contributed by atoms with E-state index < -0.39 is 19.4 Å². The van der Waals surface area contributed by atoms with Gasteiger partial charge in [-0.05, 0) is 25.8 Å². The molecule has 2 atom stereocenters. The number of hydrogen-bond acceptors (Lipinski definition) is 4. The Hall–Kier alpha value is -0.670. The highest BCUT2D eigenvalue weighted by atomic mass is 31.2. The molecule has 0 aliphatic rings. The molecule has 108 valence electrons. The van der Waals surface area contributed by atoms with Gasteiger partial charge in [-0.1, -0.05) is 37.3 Å². The van der Waals surface area contributed by atoms with E-state index in [0.29, 0.717) is 6.42 Å². The third kappa shape index (κ3) is 4.15. The number of aliphatic hydroxyl groups is 1. The quantitative estimate of drug-likeness (QED) is 0.739. The summed E-state index contributed by atoms with van der Waals surface area (Å²) in [4.78, 5) is 0. The first kappa shape index (κ1) is 16.4. The Morgan fingerprint density at radius 3 is 2.05 bits per heavy atom. The predicted octanol–water partition coefficient (Wildman–Crippen LogP) is 3.76. The minimum Gasteiger partial charge on any atom is -0.392 e. The molecule has 0 heterocycles. The Morgan fingerprint density at radius 1 is 1.11 bits per heavy atom. The molecule has 0 amide bonds. The van der Waals surface area contributed by atoms with Gasteiger partial charge in [0.25, 0.3) is 0 Å². The van der Waals surface area contributed by atoms with Crippen LogP contribution in [0.15, 0.2) is 30.3 Å². The summed E-state index contributed by atoms with van der Waals surface area (Å²) in [5.41, 5.74) is 0.140. The zero-order valence-electron chi connectivity index (χ0n) is 11.8. The molecule has 0 aromatic heterocycles. The summed E-state index contributed by atoms with van der Waals surface area (Å²) in [6.45, 7) is 5.97. The van der Waals surface area contributed by atoms with E-state index in [1.54, 1.807) is 13.8 Å². The van der Waals surface area contributed by atoms with Gasteiger partial charge in [0.05, 0.1) is 19.3 Å². The molecule has 19 heavy (non-hydrogen) atoms. The van der Waals surface area contributed by atoms with Gasteiger partial charge in [0.1, 0.15) is 5.66 Å². The number of hydrogen-bond donors (Lipinski definition) is 1. The first-order valence-electron chi connectivity index (χ1n) is 6.70. The molecule has 0 saturated carbocycles. The average molecular weight is 286 g/mol. The molecular formula is C14H23O4P. The Labute approximate surface area is 115 Å². The first-order valence-corrected chi connectivity index (χ1v) is 8.32. The van der Waals surface area contributed by atoms with Crippen molar-refractivity contribution in [2.24, 2.45) is 0 Å². The Balaban J connectivity index is 3.18. The van der Waals surface area contributed by atoms with Gasteiger partial charge in [-0.25, -0.2) is 0 Å². The summed E-state index contributed by atoms with van der Waals surface area (Å²) in [5, 5.41) is 10.2. The summed E-state index contributed by atoms with van der Waals surface area (Å²) in [7, 11) is -3.37. The number of aliphatic hydroxyl groups excluding tert-OH is 1. The lowest BCUT2D eigenvalue weighted by molar-refractivity contribution is 0.135. The van der Waals surface area contributed by atoms with Gasteiger partial charge in [-0.15, -0.1) is 0 Å². The molecule has 0 bridgehead atoms. The van der Waals surface area contributed by atoms with E-state index in [9.17, 15) is 9.67 Å². The molecule has 0 spiro atoms. The standard InChI is InChI=1S/C14H23O4P/c1-4-13(15)14(12-10-8-7-9-11-12)19(16,17-5-2)18-6-3/h7-11,13-15H,4-6H2,1-3H3. The second-order valence-electron chi connectivity index (χ2n) is 4.21. The van der Waals surface area contributed by atoms with Crippen LogP contribution in [-0.2, 0) is 13.6 Å². The molecule has 0 saturated heterocycles. The molecule has 1 aromatic rings. The lowest BCUT2D eigenvalue weighted by atomic mass is 10.1. The lowest BCUT2D eigenvalue weighted by Crippen LogP contribution is -2.20. The minimum atomic E-state index is -3.37. The van der Waals surface area contributed by atoms with Gasteiger partial charge < -0.3 is 14.2 Å². The monoisotopic (exact) mass is 286 g/mol. The fourth-order valence-corrected chi connectivity index (χ4v) is 4.33. The lowest BCUT2D eigenvalue weighted by Gasteiger charge is -2.29. The van der Waals surface area contributed by atoms with Crippen LogP contribution in [0.1, 0.15) is 38.4 Å². The smallest absolute Gasteiger partial charge is 0.340 e. The fourth-order valence-electron chi connectivity index (χ4n) is 2.05. The van der Waals surface area contributed by atoms with Gasteiger partial charge in [0.15, 0.2) is 0 Å². The Kier molecular flexibility index (Phi) is 6.73. The molecule has 0 fully saturated rings. The van der Waals surface area contributed by atoms with Crippen LogP contribution in [0.5, 0.6) is 0 Å². The van der Waals surface area contributed by atoms with E-state index in [2.05, 4.69) is 0 Å². The zero-order chi connectivity index (χ0) is 14.3. The van der Waals surface area contributed by atoms with Gasteiger partial charge in [-0.3, -0.25) is 4.57 Å². The third-order valence-corrected chi connectivity index (χ3v) is 5.44. The van der Waals surface area contributed by atoms with Crippen LogP contribution < -0.4 is 0 Å². The van der Waals surface area contributed by atoms with E-state index in [1.165, 1.54) is 0 Å². The molecule has 0 radical (unpaired) electrons. The molecule has 0 aliphatic heterocycles. The second kappa shape index (κ2) is 7.81. The normalized spacial score (nSPS) is 15.2. The van der Waals surface area contributed by atoms with Crippen molar-refractivity contribution in [3.05, 3.63) is 35.9 Å². The topological polar surface area (TPSA) is 55.8 Å². The first-order chi connectivity index (χ1) is 9.09. The third-order valence-electron chi connectivity index (χ3n) is 2.88. The molecule has 1 N–H and O–H groups in total. The van der Waals surface area contributed by atoms with Crippen LogP contribution in [0, 0.1) is 0 Å². The minimum absolute atomic E-state index is 0.289. The maximum Gasteiger partial charge on any atom is 0.340 e. The van der Waals surface area contributed by atoms with Gasteiger partial charge in [0.2, 0.25) is 0 Å². The zero-order valence-corrected chi connectivity index (χ0v) is 12.7. The SMILES string of the molecule is CCOP(=O)(OCC)C(c1ccccc1)C(O)CC. The number of rotatable bonds is 8. The molecule has 5 heteroatoms. The van der Waals surface area contributed by atoms with Crippen LogP contribution in [0.25, 0.3) is 0 Å². The second-order valence-corrected chi connectivity index (χ2v) is 6.36. The molecule has 0 aliphatic carbocycles. The number of benzene rings is 1. The van der Waals surface area contributed by atoms with E-state index in [1.807, 2.05) is 37.3 Å². The van der Waals surface area contributed by atoms with Crippen molar-refractivity contribution in [1.82, 2.24) is 0 Å². The van der Waals surface area contributed by atoms with Crippen molar-refractivity contribution in [2.45, 2.75) is 39.0 Å². The Bertz CT molecular complexity index is 397.